The zero-order valence-corrected chi connectivity index (χ0v) is 11.3. The van der Waals surface area contributed by atoms with Gasteiger partial charge in [0.2, 0.25) is 0 Å². The van der Waals surface area contributed by atoms with Crippen molar-refractivity contribution in [3.63, 3.8) is 0 Å². The van der Waals surface area contributed by atoms with Gasteiger partial charge in [0.15, 0.2) is 5.78 Å². The molecule has 0 aliphatic heterocycles. The highest BCUT2D eigenvalue weighted by Gasteiger charge is 2.09. The molecule has 0 saturated heterocycles. The average Bonchev–Trinajstić information content (AvgIpc) is 2.47. The van der Waals surface area contributed by atoms with Gasteiger partial charge in [0.05, 0.1) is 5.56 Å². The van der Waals surface area contributed by atoms with Crippen LogP contribution >= 0.6 is 0 Å². The van der Waals surface area contributed by atoms with Crippen LogP contribution in [-0.2, 0) is 0 Å². The number of aromatic nitrogens is 1. The number of hydrogen-bond acceptors (Lipinski definition) is 4. The minimum atomic E-state index is -0.651. The van der Waals surface area contributed by atoms with Gasteiger partial charge in [0, 0.05) is 17.4 Å². The van der Waals surface area contributed by atoms with Gasteiger partial charge in [0.25, 0.3) is 11.8 Å². The number of carbonyl (C=O) groups is 3. The molecule has 0 unspecified atom stereocenters. The molecule has 0 bridgehead atoms. The van der Waals surface area contributed by atoms with E-state index in [0.717, 1.165) is 0 Å². The highest BCUT2D eigenvalue weighted by atomic mass is 16.2. The van der Waals surface area contributed by atoms with Gasteiger partial charge in [-0.15, -0.1) is 0 Å². The van der Waals surface area contributed by atoms with Gasteiger partial charge in [0.1, 0.15) is 5.69 Å². The number of rotatable bonds is 4. The van der Waals surface area contributed by atoms with E-state index in [0.29, 0.717) is 16.8 Å². The maximum absolute atomic E-state index is 12.0. The molecule has 2 aromatic rings. The number of carbonyl (C=O) groups excluding carboxylic acids is 3. The Kier molecular flexibility index (Phi) is 4.08. The summed E-state index contributed by atoms with van der Waals surface area (Å²) in [5, 5.41) is 2.67. The predicted molar refractivity (Wildman–Crippen MR) is 77.2 cm³/mol. The monoisotopic (exact) mass is 283 g/mol. The molecule has 6 heteroatoms. The Morgan fingerprint density at radius 2 is 1.62 bits per heavy atom. The summed E-state index contributed by atoms with van der Waals surface area (Å²) in [7, 11) is 0. The molecule has 0 aliphatic rings. The van der Waals surface area contributed by atoms with Crippen LogP contribution in [0.4, 0.5) is 5.69 Å². The molecular formula is C15H13N3O3. The van der Waals surface area contributed by atoms with Crippen molar-refractivity contribution in [3.8, 4) is 0 Å². The van der Waals surface area contributed by atoms with Gasteiger partial charge in [-0.05, 0) is 43.3 Å². The average molecular weight is 283 g/mol. The van der Waals surface area contributed by atoms with E-state index >= 15 is 0 Å². The summed E-state index contributed by atoms with van der Waals surface area (Å²) in [5.41, 5.74) is 6.60. The maximum atomic E-state index is 12.0. The molecule has 1 aromatic heterocycles. The van der Waals surface area contributed by atoms with Crippen LogP contribution in [0.3, 0.4) is 0 Å². The lowest BCUT2D eigenvalue weighted by Crippen LogP contribution is -2.15. The first-order valence-corrected chi connectivity index (χ1v) is 6.15. The molecule has 1 heterocycles. The van der Waals surface area contributed by atoms with Crippen molar-refractivity contribution in [2.24, 2.45) is 5.73 Å². The molecule has 0 aliphatic carbocycles. The Morgan fingerprint density at radius 1 is 1.00 bits per heavy atom. The third-order valence-corrected chi connectivity index (χ3v) is 2.83. The SMILES string of the molecule is CC(=O)c1ccc(NC(=O)c2ccc(C(N)=O)nc2)cc1. The molecule has 0 fully saturated rings. The second kappa shape index (κ2) is 5.96. The van der Waals surface area contributed by atoms with Crippen LogP contribution in [0.5, 0.6) is 0 Å². The molecule has 2 amide bonds. The van der Waals surface area contributed by atoms with Gasteiger partial charge in [-0.1, -0.05) is 0 Å². The first-order valence-electron chi connectivity index (χ1n) is 6.15. The van der Waals surface area contributed by atoms with Crippen molar-refractivity contribution in [2.75, 3.05) is 5.32 Å². The predicted octanol–water partition coefficient (Wildman–Crippen LogP) is 1.64. The number of pyridine rings is 1. The summed E-state index contributed by atoms with van der Waals surface area (Å²) in [6.07, 6.45) is 1.28. The van der Waals surface area contributed by atoms with E-state index in [9.17, 15) is 14.4 Å². The Morgan fingerprint density at radius 3 is 2.10 bits per heavy atom. The summed E-state index contributed by atoms with van der Waals surface area (Å²) in [6, 6.07) is 9.39. The number of nitrogens with zero attached hydrogens (tertiary/aromatic N) is 1. The third kappa shape index (κ3) is 3.50. The largest absolute Gasteiger partial charge is 0.364 e. The van der Waals surface area contributed by atoms with Crippen molar-refractivity contribution >= 4 is 23.3 Å². The summed E-state index contributed by atoms with van der Waals surface area (Å²) >= 11 is 0. The van der Waals surface area contributed by atoms with Gasteiger partial charge in [-0.3, -0.25) is 19.4 Å². The number of primary amides is 1. The number of benzene rings is 1. The van der Waals surface area contributed by atoms with E-state index in [1.807, 2.05) is 0 Å². The minimum Gasteiger partial charge on any atom is -0.364 e. The molecule has 106 valence electrons. The zero-order chi connectivity index (χ0) is 15.4. The quantitative estimate of drug-likeness (QED) is 0.832. The van der Waals surface area contributed by atoms with Crippen molar-refractivity contribution in [2.45, 2.75) is 6.92 Å². The smallest absolute Gasteiger partial charge is 0.267 e. The topological polar surface area (TPSA) is 102 Å². The molecule has 6 nitrogen and oxygen atoms in total. The van der Waals surface area contributed by atoms with Gasteiger partial charge < -0.3 is 11.1 Å². The summed E-state index contributed by atoms with van der Waals surface area (Å²) in [4.78, 5) is 37.8. The standard InChI is InChI=1S/C15H13N3O3/c1-9(19)10-2-5-12(6-3-10)18-15(21)11-4-7-13(14(16)20)17-8-11/h2-8H,1H3,(H2,16,20)(H,18,21). The highest BCUT2D eigenvalue weighted by Crippen LogP contribution is 2.11. The third-order valence-electron chi connectivity index (χ3n) is 2.83. The van der Waals surface area contributed by atoms with Crippen LogP contribution in [-0.4, -0.2) is 22.6 Å². The number of anilines is 1. The van der Waals surface area contributed by atoms with Crippen LogP contribution in [0.25, 0.3) is 0 Å². The van der Waals surface area contributed by atoms with Crippen molar-refractivity contribution < 1.29 is 14.4 Å². The molecule has 0 radical (unpaired) electrons. The first-order chi connectivity index (χ1) is 9.97. The van der Waals surface area contributed by atoms with Crippen LogP contribution in [0.15, 0.2) is 42.6 Å². The van der Waals surface area contributed by atoms with E-state index in [2.05, 4.69) is 10.3 Å². The summed E-state index contributed by atoms with van der Waals surface area (Å²) in [5.74, 6) is -1.06. The van der Waals surface area contributed by atoms with E-state index in [-0.39, 0.29) is 17.4 Å². The first kappa shape index (κ1) is 14.4. The van der Waals surface area contributed by atoms with Crippen molar-refractivity contribution in [3.05, 3.63) is 59.4 Å². The van der Waals surface area contributed by atoms with Crippen molar-refractivity contribution in [1.82, 2.24) is 4.98 Å². The Hall–Kier alpha value is -3.02. The number of Topliss-reactive ketones (excluding diaryl/α,β-unsaturated/α-hetero) is 1. The van der Waals surface area contributed by atoms with Crippen LogP contribution in [0, 0.1) is 0 Å². The van der Waals surface area contributed by atoms with Crippen LogP contribution < -0.4 is 11.1 Å². The number of nitrogens with one attached hydrogen (secondary N) is 1. The van der Waals surface area contributed by atoms with E-state index in [1.54, 1.807) is 24.3 Å². The molecule has 0 saturated carbocycles. The fourth-order valence-corrected chi connectivity index (χ4v) is 1.67. The summed E-state index contributed by atoms with van der Waals surface area (Å²) in [6.45, 7) is 1.47. The summed E-state index contributed by atoms with van der Waals surface area (Å²) < 4.78 is 0. The lowest BCUT2D eigenvalue weighted by molar-refractivity contribution is 0.0989. The molecule has 3 N–H and O–H groups in total. The number of nitrogens with two attached hydrogens (primary N) is 1. The molecule has 21 heavy (non-hydrogen) atoms. The van der Waals surface area contributed by atoms with E-state index < -0.39 is 5.91 Å². The van der Waals surface area contributed by atoms with Crippen LogP contribution in [0.1, 0.15) is 38.1 Å². The number of ketones is 1. The molecule has 1 aromatic carbocycles. The van der Waals surface area contributed by atoms with Gasteiger partial charge in [-0.2, -0.15) is 0 Å². The zero-order valence-electron chi connectivity index (χ0n) is 11.3. The van der Waals surface area contributed by atoms with Crippen molar-refractivity contribution in [1.29, 1.82) is 0 Å². The fraction of sp³-hybridized carbons (Fsp3) is 0.0667. The second-order valence-corrected chi connectivity index (χ2v) is 4.38. The Bertz CT molecular complexity index is 691. The fourth-order valence-electron chi connectivity index (χ4n) is 1.67. The highest BCUT2D eigenvalue weighted by molar-refractivity contribution is 6.04. The minimum absolute atomic E-state index is 0.0425. The van der Waals surface area contributed by atoms with Crippen LogP contribution in [0.2, 0.25) is 0 Å². The number of hydrogen-bond donors (Lipinski definition) is 2. The van der Waals surface area contributed by atoms with E-state index in [1.165, 1.54) is 25.3 Å². The van der Waals surface area contributed by atoms with Gasteiger partial charge >= 0.3 is 0 Å². The normalized spacial score (nSPS) is 9.95. The number of amides is 2. The molecular weight excluding hydrogens is 270 g/mol. The lowest BCUT2D eigenvalue weighted by Gasteiger charge is -2.06. The van der Waals surface area contributed by atoms with E-state index in [4.69, 9.17) is 5.73 Å². The van der Waals surface area contributed by atoms with Gasteiger partial charge in [-0.25, -0.2) is 0 Å². The molecule has 0 atom stereocenters. The maximum Gasteiger partial charge on any atom is 0.267 e. The lowest BCUT2D eigenvalue weighted by atomic mass is 10.1. The Balaban J connectivity index is 2.10. The second-order valence-electron chi connectivity index (χ2n) is 4.38. The molecule has 2 rings (SSSR count). The Labute approximate surface area is 121 Å². The molecule has 0 spiro atoms.